The van der Waals surface area contributed by atoms with Gasteiger partial charge in [0.2, 0.25) is 0 Å². The van der Waals surface area contributed by atoms with Crippen molar-refractivity contribution in [3.05, 3.63) is 47.6 Å². The van der Waals surface area contributed by atoms with Crippen LogP contribution in [0, 0.1) is 5.82 Å². The van der Waals surface area contributed by atoms with E-state index in [4.69, 9.17) is 9.26 Å². The first-order valence-electron chi connectivity index (χ1n) is 5.26. The number of methoxy groups -OCH3 is 1. The van der Waals surface area contributed by atoms with Crippen LogP contribution in [0.5, 0.6) is 0 Å². The van der Waals surface area contributed by atoms with Gasteiger partial charge in [-0.1, -0.05) is 5.16 Å². The quantitative estimate of drug-likeness (QED) is 0.835. The highest BCUT2D eigenvalue weighted by Crippen LogP contribution is 2.13. The zero-order valence-corrected chi connectivity index (χ0v) is 10.6. The van der Waals surface area contributed by atoms with Gasteiger partial charge in [0.1, 0.15) is 12.4 Å². The van der Waals surface area contributed by atoms with E-state index in [2.05, 4.69) is 5.16 Å². The average Bonchev–Trinajstić information content (AvgIpc) is 2.78. The van der Waals surface area contributed by atoms with Crippen molar-refractivity contribution < 1.29 is 17.9 Å². The predicted molar refractivity (Wildman–Crippen MR) is 63.7 cm³/mol. The van der Waals surface area contributed by atoms with Gasteiger partial charge in [0.15, 0.2) is 5.76 Å². The number of ether oxygens (including phenoxy) is 1. The minimum absolute atomic E-state index is 0.235. The molecule has 2 aromatic rings. The highest BCUT2D eigenvalue weighted by atomic mass is 32.2. The van der Waals surface area contributed by atoms with Crippen LogP contribution in [0.3, 0.4) is 0 Å². The van der Waals surface area contributed by atoms with E-state index in [1.54, 1.807) is 13.2 Å². The van der Waals surface area contributed by atoms with Crippen molar-refractivity contribution in [1.82, 2.24) is 5.16 Å². The van der Waals surface area contributed by atoms with Gasteiger partial charge in [0, 0.05) is 18.1 Å². The van der Waals surface area contributed by atoms with E-state index in [0.717, 1.165) is 0 Å². The summed E-state index contributed by atoms with van der Waals surface area (Å²) in [6.07, 6.45) is 0. The van der Waals surface area contributed by atoms with Gasteiger partial charge in [0.25, 0.3) is 0 Å². The molecule has 18 heavy (non-hydrogen) atoms. The highest BCUT2D eigenvalue weighted by molar-refractivity contribution is 7.84. The van der Waals surface area contributed by atoms with Crippen molar-refractivity contribution in [1.29, 1.82) is 0 Å². The van der Waals surface area contributed by atoms with Gasteiger partial charge in [-0.05, 0) is 24.3 Å². The van der Waals surface area contributed by atoms with Crippen molar-refractivity contribution in [2.45, 2.75) is 17.3 Å². The van der Waals surface area contributed by atoms with Crippen LogP contribution in [0.25, 0.3) is 0 Å². The van der Waals surface area contributed by atoms with Gasteiger partial charge in [0.05, 0.1) is 22.2 Å². The molecule has 0 aliphatic rings. The molecular formula is C12H12FNO3S. The van der Waals surface area contributed by atoms with E-state index in [9.17, 15) is 8.60 Å². The number of halogens is 1. The zero-order valence-electron chi connectivity index (χ0n) is 9.76. The SMILES string of the molecule is COCc1cc(CS(=O)c2ccc(F)cc2)no1. The summed E-state index contributed by atoms with van der Waals surface area (Å²) in [6.45, 7) is 0.330. The van der Waals surface area contributed by atoms with Crippen molar-refractivity contribution >= 4 is 10.8 Å². The summed E-state index contributed by atoms with van der Waals surface area (Å²) in [7, 11) is 0.291. The van der Waals surface area contributed by atoms with Crippen LogP contribution in [0.2, 0.25) is 0 Å². The molecule has 0 fully saturated rings. The molecule has 0 saturated carbocycles. The first kappa shape index (κ1) is 12.9. The second-order valence-electron chi connectivity index (χ2n) is 3.66. The minimum Gasteiger partial charge on any atom is -0.377 e. The maximum Gasteiger partial charge on any atom is 0.162 e. The van der Waals surface area contributed by atoms with Crippen LogP contribution in [0.15, 0.2) is 39.8 Å². The van der Waals surface area contributed by atoms with E-state index in [1.165, 1.54) is 24.3 Å². The largest absolute Gasteiger partial charge is 0.377 e. The molecule has 0 amide bonds. The Hall–Kier alpha value is -1.53. The second kappa shape index (κ2) is 5.88. The third-order valence-corrected chi connectivity index (χ3v) is 3.61. The fourth-order valence-corrected chi connectivity index (χ4v) is 2.45. The monoisotopic (exact) mass is 269 g/mol. The van der Waals surface area contributed by atoms with Gasteiger partial charge in [-0.15, -0.1) is 0 Å². The summed E-state index contributed by atoms with van der Waals surface area (Å²) < 4.78 is 34.6. The lowest BCUT2D eigenvalue weighted by molar-refractivity contribution is 0.156. The Morgan fingerprint density at radius 1 is 1.39 bits per heavy atom. The molecule has 0 N–H and O–H groups in total. The number of nitrogens with zero attached hydrogens (tertiary/aromatic N) is 1. The number of hydrogen-bond donors (Lipinski definition) is 0. The molecule has 1 heterocycles. The summed E-state index contributed by atoms with van der Waals surface area (Å²) in [4.78, 5) is 0.563. The minimum atomic E-state index is -1.26. The first-order valence-corrected chi connectivity index (χ1v) is 6.58. The van der Waals surface area contributed by atoms with Crippen LogP contribution in [-0.2, 0) is 27.9 Å². The van der Waals surface area contributed by atoms with Crippen LogP contribution < -0.4 is 0 Å². The Kier molecular flexibility index (Phi) is 4.22. The van der Waals surface area contributed by atoms with Crippen molar-refractivity contribution in [2.24, 2.45) is 0 Å². The standard InChI is InChI=1S/C12H12FNO3S/c1-16-7-11-6-10(14-17-11)8-18(15)12-4-2-9(13)3-5-12/h2-6H,7-8H2,1H3. The fourth-order valence-electron chi connectivity index (χ4n) is 1.44. The molecule has 2 rings (SSSR count). The summed E-state index contributed by atoms with van der Waals surface area (Å²) in [5.74, 6) is 0.474. The maximum absolute atomic E-state index is 12.7. The van der Waals surface area contributed by atoms with Crippen LogP contribution >= 0.6 is 0 Å². The highest BCUT2D eigenvalue weighted by Gasteiger charge is 2.10. The lowest BCUT2D eigenvalue weighted by atomic mass is 10.3. The number of hydrogen-bond acceptors (Lipinski definition) is 4. The van der Waals surface area contributed by atoms with E-state index in [0.29, 0.717) is 23.0 Å². The van der Waals surface area contributed by atoms with Crippen molar-refractivity contribution in [3.63, 3.8) is 0 Å². The first-order chi connectivity index (χ1) is 8.69. The molecule has 6 heteroatoms. The molecular weight excluding hydrogens is 257 g/mol. The smallest absolute Gasteiger partial charge is 0.162 e. The fraction of sp³-hybridized carbons (Fsp3) is 0.250. The van der Waals surface area contributed by atoms with E-state index >= 15 is 0 Å². The molecule has 0 radical (unpaired) electrons. The number of aromatic nitrogens is 1. The Morgan fingerprint density at radius 2 is 2.11 bits per heavy atom. The topological polar surface area (TPSA) is 52.3 Å². The van der Waals surface area contributed by atoms with Gasteiger partial charge in [-0.2, -0.15) is 0 Å². The normalized spacial score (nSPS) is 12.6. The molecule has 1 unspecified atom stereocenters. The van der Waals surface area contributed by atoms with Gasteiger partial charge >= 0.3 is 0 Å². The zero-order chi connectivity index (χ0) is 13.0. The molecule has 4 nitrogen and oxygen atoms in total. The Labute approximate surface area is 106 Å². The van der Waals surface area contributed by atoms with Gasteiger partial charge < -0.3 is 9.26 Å². The van der Waals surface area contributed by atoms with E-state index < -0.39 is 10.8 Å². The molecule has 0 aliphatic carbocycles. The molecule has 1 aromatic carbocycles. The summed E-state index contributed by atoms with van der Waals surface area (Å²) in [5.41, 5.74) is 0.588. The molecule has 0 aliphatic heterocycles. The molecule has 96 valence electrons. The third-order valence-electron chi connectivity index (χ3n) is 2.25. The van der Waals surface area contributed by atoms with Gasteiger partial charge in [-0.25, -0.2) is 4.39 Å². The van der Waals surface area contributed by atoms with Crippen molar-refractivity contribution in [2.75, 3.05) is 7.11 Å². The summed E-state index contributed by atoms with van der Waals surface area (Å²) in [5, 5.41) is 3.80. The Bertz CT molecular complexity index is 539. The molecule has 1 aromatic heterocycles. The third kappa shape index (κ3) is 3.24. The Morgan fingerprint density at radius 3 is 2.78 bits per heavy atom. The van der Waals surface area contributed by atoms with Crippen LogP contribution in [-0.4, -0.2) is 16.5 Å². The summed E-state index contributed by atoms with van der Waals surface area (Å²) >= 11 is 0. The molecule has 0 bridgehead atoms. The van der Waals surface area contributed by atoms with E-state index in [-0.39, 0.29) is 11.6 Å². The summed E-state index contributed by atoms with van der Waals surface area (Å²) in [6, 6.07) is 7.27. The number of rotatable bonds is 5. The lowest BCUT2D eigenvalue weighted by Gasteiger charge is -1.98. The number of benzene rings is 1. The molecule has 0 spiro atoms. The average molecular weight is 269 g/mol. The van der Waals surface area contributed by atoms with Crippen molar-refractivity contribution in [3.8, 4) is 0 Å². The van der Waals surface area contributed by atoms with Gasteiger partial charge in [-0.3, -0.25) is 4.21 Å². The molecule has 0 saturated heterocycles. The maximum atomic E-state index is 12.7. The Balaban J connectivity index is 2.04. The molecule has 1 atom stereocenters. The van der Waals surface area contributed by atoms with Crippen LogP contribution in [0.1, 0.15) is 11.5 Å². The predicted octanol–water partition coefficient (Wildman–Crippen LogP) is 2.27. The van der Waals surface area contributed by atoms with E-state index in [1.807, 2.05) is 0 Å². The lowest BCUT2D eigenvalue weighted by Crippen LogP contribution is -1.96. The van der Waals surface area contributed by atoms with Crippen LogP contribution in [0.4, 0.5) is 4.39 Å². The second-order valence-corrected chi connectivity index (χ2v) is 5.11.